The second-order valence-corrected chi connectivity index (χ2v) is 9.37. The number of aldehydes is 1. The molecule has 0 spiro atoms. The van der Waals surface area contributed by atoms with Crippen molar-refractivity contribution in [3.05, 3.63) is 83.2 Å². The van der Waals surface area contributed by atoms with Gasteiger partial charge in [0.2, 0.25) is 5.82 Å². The Hall–Kier alpha value is -3.64. The average Bonchev–Trinajstić information content (AvgIpc) is 3.45. The summed E-state index contributed by atoms with van der Waals surface area (Å²) in [5, 5.41) is 4.22. The summed E-state index contributed by atoms with van der Waals surface area (Å²) in [5.41, 5.74) is 7.19. The van der Waals surface area contributed by atoms with Crippen molar-refractivity contribution in [3.63, 3.8) is 0 Å². The molecule has 170 valence electrons. The van der Waals surface area contributed by atoms with Gasteiger partial charge in [0.25, 0.3) is 5.89 Å². The summed E-state index contributed by atoms with van der Waals surface area (Å²) in [5.74, 6) is 1.000. The molecule has 2 aliphatic rings. The zero-order chi connectivity index (χ0) is 23.2. The van der Waals surface area contributed by atoms with Crippen LogP contribution in [0.3, 0.4) is 0 Å². The molecule has 6 heteroatoms. The number of benzene rings is 3. The van der Waals surface area contributed by atoms with Crippen molar-refractivity contribution < 1.29 is 13.7 Å². The molecule has 1 aliphatic carbocycles. The van der Waals surface area contributed by atoms with Gasteiger partial charge in [-0.05, 0) is 77.9 Å². The van der Waals surface area contributed by atoms with E-state index in [0.717, 1.165) is 60.0 Å². The molecule has 6 rings (SSSR count). The number of rotatable bonds is 5. The molecule has 0 amide bonds. The first kappa shape index (κ1) is 20.9. The number of nitrogens with zero attached hydrogens (tertiary/aromatic N) is 3. The van der Waals surface area contributed by atoms with Crippen LogP contribution in [0.1, 0.15) is 29.5 Å². The van der Waals surface area contributed by atoms with Crippen molar-refractivity contribution in [3.8, 4) is 34.0 Å². The van der Waals surface area contributed by atoms with E-state index in [1.165, 1.54) is 23.3 Å². The summed E-state index contributed by atoms with van der Waals surface area (Å²) in [6.45, 7) is 3.82. The van der Waals surface area contributed by atoms with Crippen LogP contribution in [0.2, 0.25) is 0 Å². The fraction of sp³-hybridized carbons (Fsp3) is 0.250. The van der Waals surface area contributed by atoms with E-state index in [4.69, 9.17) is 4.52 Å². The molecular weight excluding hydrogens is 429 g/mol. The number of fused-ring (bicyclic) bond motifs is 1. The van der Waals surface area contributed by atoms with Crippen LogP contribution in [0.25, 0.3) is 34.0 Å². The zero-order valence-corrected chi connectivity index (χ0v) is 18.9. The van der Waals surface area contributed by atoms with Gasteiger partial charge < -0.3 is 9.32 Å². The van der Waals surface area contributed by atoms with Gasteiger partial charge in [-0.1, -0.05) is 35.5 Å². The number of carbonyl (C=O) groups excluding carboxylic acids is 1. The highest BCUT2D eigenvalue weighted by Crippen LogP contribution is 2.37. The van der Waals surface area contributed by atoms with Gasteiger partial charge in [-0.15, -0.1) is 0 Å². The fourth-order valence-electron chi connectivity index (χ4n) is 5.09. The van der Waals surface area contributed by atoms with Crippen molar-refractivity contribution in [1.29, 1.82) is 0 Å². The second kappa shape index (κ2) is 8.29. The minimum atomic E-state index is -0.252. The Morgan fingerprint density at radius 2 is 1.79 bits per heavy atom. The molecule has 0 atom stereocenters. The molecule has 0 bridgehead atoms. The standard InChI is InChI=1S/C28H24FN3O2/c1-17-9-21(7-8-26(17)19-3-2-4-24(29)13-19)28-30-27(31-34-28)20-5-6-22-14-32(15-23(22)12-20)25-10-18(11-25)16-33/h2-9,12-13,16,18,25H,10-11,14-15H2,1H3/t18-,25-. The summed E-state index contributed by atoms with van der Waals surface area (Å²) in [4.78, 5) is 18.0. The number of aryl methyl sites for hydroxylation is 1. The first-order valence-corrected chi connectivity index (χ1v) is 11.6. The maximum absolute atomic E-state index is 13.6. The first-order valence-electron chi connectivity index (χ1n) is 11.6. The van der Waals surface area contributed by atoms with E-state index in [2.05, 4.69) is 27.2 Å². The second-order valence-electron chi connectivity index (χ2n) is 9.37. The lowest BCUT2D eigenvalue weighted by molar-refractivity contribution is -0.115. The maximum Gasteiger partial charge on any atom is 0.258 e. The molecular formula is C28H24FN3O2. The fourth-order valence-corrected chi connectivity index (χ4v) is 5.09. The third-order valence-electron chi connectivity index (χ3n) is 7.10. The molecule has 2 heterocycles. The normalized spacial score (nSPS) is 19.6. The molecule has 1 fully saturated rings. The summed E-state index contributed by atoms with van der Waals surface area (Å²) < 4.78 is 19.2. The van der Waals surface area contributed by atoms with E-state index >= 15 is 0 Å². The van der Waals surface area contributed by atoms with Crippen molar-refractivity contribution in [2.75, 3.05) is 0 Å². The quantitative estimate of drug-likeness (QED) is 0.357. The van der Waals surface area contributed by atoms with Gasteiger partial charge in [-0.25, -0.2) is 4.39 Å². The van der Waals surface area contributed by atoms with E-state index in [1.54, 1.807) is 6.07 Å². The van der Waals surface area contributed by atoms with E-state index in [9.17, 15) is 9.18 Å². The lowest BCUT2D eigenvalue weighted by Gasteiger charge is -2.38. The summed E-state index contributed by atoms with van der Waals surface area (Å²) in [7, 11) is 0. The maximum atomic E-state index is 13.6. The van der Waals surface area contributed by atoms with Crippen molar-refractivity contribution in [2.24, 2.45) is 5.92 Å². The molecule has 1 saturated carbocycles. The Bertz CT molecular complexity index is 1390. The summed E-state index contributed by atoms with van der Waals surface area (Å²) >= 11 is 0. The monoisotopic (exact) mass is 453 g/mol. The molecule has 0 N–H and O–H groups in total. The number of carbonyl (C=O) groups is 1. The van der Waals surface area contributed by atoms with E-state index < -0.39 is 0 Å². The minimum absolute atomic E-state index is 0.230. The molecule has 34 heavy (non-hydrogen) atoms. The molecule has 5 nitrogen and oxygen atoms in total. The van der Waals surface area contributed by atoms with Gasteiger partial charge in [0, 0.05) is 36.2 Å². The molecule has 0 radical (unpaired) electrons. The first-order chi connectivity index (χ1) is 16.6. The molecule has 0 saturated heterocycles. The van der Waals surface area contributed by atoms with Crippen molar-refractivity contribution >= 4 is 6.29 Å². The van der Waals surface area contributed by atoms with Crippen LogP contribution in [-0.4, -0.2) is 27.4 Å². The highest BCUT2D eigenvalue weighted by atomic mass is 19.1. The SMILES string of the molecule is Cc1cc(-c2nc(-c3ccc4c(c3)CN([C@H]3C[C@H](C=O)C3)C4)no2)ccc1-c1cccc(F)c1. The third kappa shape index (κ3) is 3.74. The Labute approximate surface area is 197 Å². The van der Waals surface area contributed by atoms with Gasteiger partial charge >= 0.3 is 0 Å². The van der Waals surface area contributed by atoms with Gasteiger partial charge in [-0.2, -0.15) is 4.98 Å². The van der Waals surface area contributed by atoms with Crippen LogP contribution < -0.4 is 0 Å². The Balaban J connectivity index is 1.21. The van der Waals surface area contributed by atoms with Gasteiger partial charge in [0.15, 0.2) is 0 Å². The number of hydrogen-bond acceptors (Lipinski definition) is 5. The van der Waals surface area contributed by atoms with Crippen LogP contribution in [0, 0.1) is 18.7 Å². The van der Waals surface area contributed by atoms with Gasteiger partial charge in [-0.3, -0.25) is 4.90 Å². The van der Waals surface area contributed by atoms with Crippen LogP contribution in [-0.2, 0) is 17.9 Å². The van der Waals surface area contributed by atoms with Crippen LogP contribution >= 0.6 is 0 Å². The van der Waals surface area contributed by atoms with E-state index in [1.807, 2.05) is 37.3 Å². The smallest absolute Gasteiger partial charge is 0.258 e. The zero-order valence-electron chi connectivity index (χ0n) is 18.9. The highest BCUT2D eigenvalue weighted by molar-refractivity contribution is 5.71. The van der Waals surface area contributed by atoms with E-state index in [0.29, 0.717) is 17.8 Å². The number of hydrogen-bond donors (Lipinski definition) is 0. The lowest BCUT2D eigenvalue weighted by atomic mass is 9.80. The Morgan fingerprint density at radius 1 is 0.971 bits per heavy atom. The van der Waals surface area contributed by atoms with Crippen molar-refractivity contribution in [1.82, 2.24) is 15.0 Å². The Morgan fingerprint density at radius 3 is 2.59 bits per heavy atom. The average molecular weight is 454 g/mol. The summed E-state index contributed by atoms with van der Waals surface area (Å²) in [6.07, 6.45) is 3.02. The topological polar surface area (TPSA) is 59.2 Å². The molecule has 4 aromatic rings. The molecule has 1 aliphatic heterocycles. The minimum Gasteiger partial charge on any atom is -0.334 e. The van der Waals surface area contributed by atoms with Crippen LogP contribution in [0.15, 0.2) is 65.2 Å². The largest absolute Gasteiger partial charge is 0.334 e. The summed E-state index contributed by atoms with van der Waals surface area (Å²) in [6, 6.07) is 19.3. The van der Waals surface area contributed by atoms with Gasteiger partial charge in [0.1, 0.15) is 12.1 Å². The molecule has 0 unspecified atom stereocenters. The van der Waals surface area contributed by atoms with Crippen LogP contribution in [0.5, 0.6) is 0 Å². The van der Waals surface area contributed by atoms with Crippen molar-refractivity contribution in [2.45, 2.75) is 38.9 Å². The predicted molar refractivity (Wildman–Crippen MR) is 127 cm³/mol. The van der Waals surface area contributed by atoms with Crippen LogP contribution in [0.4, 0.5) is 4.39 Å². The molecule has 1 aromatic heterocycles. The number of halogens is 1. The Kier molecular flexibility index (Phi) is 5.11. The van der Waals surface area contributed by atoms with Gasteiger partial charge in [0.05, 0.1) is 0 Å². The lowest BCUT2D eigenvalue weighted by Crippen LogP contribution is -2.42. The third-order valence-corrected chi connectivity index (χ3v) is 7.10. The number of aromatic nitrogens is 2. The molecule has 3 aromatic carbocycles. The van der Waals surface area contributed by atoms with E-state index in [-0.39, 0.29) is 11.7 Å². The predicted octanol–water partition coefficient (Wildman–Crippen LogP) is 5.81. The highest BCUT2D eigenvalue weighted by Gasteiger charge is 2.36.